The molecule has 0 spiro atoms. The Morgan fingerprint density at radius 2 is 1.75 bits per heavy atom. The van der Waals surface area contributed by atoms with E-state index in [1.807, 2.05) is 0 Å². The second-order valence-electron chi connectivity index (χ2n) is 3.97. The van der Waals surface area contributed by atoms with Crippen LogP contribution in [0.4, 0.5) is 5.69 Å². The molecule has 0 aliphatic heterocycles. The number of benzene rings is 2. The van der Waals surface area contributed by atoms with Crippen molar-refractivity contribution in [1.82, 2.24) is 0 Å². The maximum atomic E-state index is 12.0. The van der Waals surface area contributed by atoms with Crippen LogP contribution >= 0.6 is 11.6 Å². The average molecular weight is 292 g/mol. The highest BCUT2D eigenvalue weighted by Gasteiger charge is 2.15. The van der Waals surface area contributed by atoms with Gasteiger partial charge < -0.3 is 15.5 Å². The molecular formula is C14H10ClNO4. The molecule has 1 amide bonds. The van der Waals surface area contributed by atoms with Gasteiger partial charge >= 0.3 is 5.97 Å². The van der Waals surface area contributed by atoms with Crippen molar-refractivity contribution in [1.29, 1.82) is 0 Å². The standard InChI is InChI=1S/C14H10ClNO4/c15-11-4-2-1-3-9(11)13(18)16-12-6-5-8(17)7-10(12)14(19)20/h1-7,17H,(H,16,18)(H,19,20). The molecule has 0 aliphatic rings. The zero-order valence-corrected chi connectivity index (χ0v) is 10.9. The van der Waals surface area contributed by atoms with Crippen molar-refractivity contribution in [3.8, 4) is 5.75 Å². The number of aromatic carboxylic acids is 1. The molecule has 6 heteroatoms. The van der Waals surface area contributed by atoms with E-state index in [1.165, 1.54) is 18.2 Å². The number of carboxylic acid groups (broad SMARTS) is 1. The van der Waals surface area contributed by atoms with Gasteiger partial charge in [0.25, 0.3) is 5.91 Å². The van der Waals surface area contributed by atoms with E-state index < -0.39 is 11.9 Å². The lowest BCUT2D eigenvalue weighted by Crippen LogP contribution is -2.15. The first-order valence-corrected chi connectivity index (χ1v) is 5.99. The molecule has 5 nitrogen and oxygen atoms in total. The van der Waals surface area contributed by atoms with Gasteiger partial charge in [-0.05, 0) is 30.3 Å². The van der Waals surface area contributed by atoms with E-state index in [9.17, 15) is 14.7 Å². The largest absolute Gasteiger partial charge is 0.508 e. The fourth-order valence-corrected chi connectivity index (χ4v) is 1.87. The van der Waals surface area contributed by atoms with Crippen LogP contribution < -0.4 is 5.32 Å². The zero-order valence-electron chi connectivity index (χ0n) is 10.1. The molecule has 0 fully saturated rings. The van der Waals surface area contributed by atoms with Crippen LogP contribution in [0.1, 0.15) is 20.7 Å². The average Bonchev–Trinajstić information content (AvgIpc) is 2.41. The highest BCUT2D eigenvalue weighted by atomic mass is 35.5. The molecule has 0 atom stereocenters. The van der Waals surface area contributed by atoms with Gasteiger partial charge in [-0.2, -0.15) is 0 Å². The first-order chi connectivity index (χ1) is 9.49. The highest BCUT2D eigenvalue weighted by Crippen LogP contribution is 2.23. The van der Waals surface area contributed by atoms with Gasteiger partial charge in [0.2, 0.25) is 0 Å². The van der Waals surface area contributed by atoms with Crippen LogP contribution in [0.15, 0.2) is 42.5 Å². The number of rotatable bonds is 3. The van der Waals surface area contributed by atoms with Gasteiger partial charge in [-0.1, -0.05) is 23.7 Å². The molecular weight excluding hydrogens is 282 g/mol. The van der Waals surface area contributed by atoms with Gasteiger partial charge in [0.15, 0.2) is 0 Å². The summed E-state index contributed by atoms with van der Waals surface area (Å²) in [6.45, 7) is 0. The molecule has 102 valence electrons. The quantitative estimate of drug-likeness (QED) is 0.759. The number of carbonyl (C=O) groups excluding carboxylic acids is 1. The molecule has 20 heavy (non-hydrogen) atoms. The molecule has 0 bridgehead atoms. The lowest BCUT2D eigenvalue weighted by molar-refractivity contribution is 0.0697. The summed E-state index contributed by atoms with van der Waals surface area (Å²) in [6.07, 6.45) is 0. The highest BCUT2D eigenvalue weighted by molar-refractivity contribution is 6.34. The molecule has 2 rings (SSSR count). The first kappa shape index (κ1) is 13.9. The number of nitrogens with one attached hydrogen (secondary N) is 1. The monoisotopic (exact) mass is 291 g/mol. The van der Waals surface area contributed by atoms with Crippen LogP contribution in [0.2, 0.25) is 5.02 Å². The van der Waals surface area contributed by atoms with E-state index in [4.69, 9.17) is 16.7 Å². The van der Waals surface area contributed by atoms with Crippen molar-refractivity contribution in [2.75, 3.05) is 5.32 Å². The van der Waals surface area contributed by atoms with Crippen molar-refractivity contribution in [2.45, 2.75) is 0 Å². The van der Waals surface area contributed by atoms with Crippen molar-refractivity contribution >= 4 is 29.2 Å². The second-order valence-corrected chi connectivity index (χ2v) is 4.38. The molecule has 0 aromatic heterocycles. The number of halogens is 1. The number of phenolic OH excluding ortho intramolecular Hbond substituents is 1. The van der Waals surface area contributed by atoms with Crippen molar-refractivity contribution < 1.29 is 19.8 Å². The van der Waals surface area contributed by atoms with Gasteiger partial charge in [-0.25, -0.2) is 4.79 Å². The fourth-order valence-electron chi connectivity index (χ4n) is 1.65. The predicted octanol–water partition coefficient (Wildman–Crippen LogP) is 3.00. The lowest BCUT2D eigenvalue weighted by Gasteiger charge is -2.09. The SMILES string of the molecule is O=C(Nc1ccc(O)cc1C(=O)O)c1ccccc1Cl. The number of hydrogen-bond acceptors (Lipinski definition) is 3. The summed E-state index contributed by atoms with van der Waals surface area (Å²) < 4.78 is 0. The minimum absolute atomic E-state index is 0.0835. The normalized spacial score (nSPS) is 10.1. The van der Waals surface area contributed by atoms with E-state index in [-0.39, 0.29) is 27.6 Å². The predicted molar refractivity (Wildman–Crippen MR) is 74.5 cm³/mol. The topological polar surface area (TPSA) is 86.6 Å². The van der Waals surface area contributed by atoms with Gasteiger partial charge in [0, 0.05) is 0 Å². The Hall–Kier alpha value is -2.53. The van der Waals surface area contributed by atoms with Crippen LogP contribution in [0.25, 0.3) is 0 Å². The molecule has 0 heterocycles. The molecule has 3 N–H and O–H groups in total. The molecule has 2 aromatic carbocycles. The Kier molecular flexibility index (Phi) is 3.91. The van der Waals surface area contributed by atoms with E-state index in [0.29, 0.717) is 0 Å². The molecule has 0 radical (unpaired) electrons. The lowest BCUT2D eigenvalue weighted by atomic mass is 10.1. The number of hydrogen-bond donors (Lipinski definition) is 3. The summed E-state index contributed by atoms with van der Waals surface area (Å²) in [7, 11) is 0. The molecule has 0 saturated carbocycles. The smallest absolute Gasteiger partial charge is 0.337 e. The van der Waals surface area contributed by atoms with Crippen LogP contribution in [-0.4, -0.2) is 22.1 Å². The van der Waals surface area contributed by atoms with Crippen LogP contribution in [0, 0.1) is 0 Å². The minimum atomic E-state index is -1.25. The Balaban J connectivity index is 2.33. The van der Waals surface area contributed by atoms with E-state index in [1.54, 1.807) is 18.2 Å². The first-order valence-electron chi connectivity index (χ1n) is 5.61. The van der Waals surface area contributed by atoms with E-state index in [0.717, 1.165) is 6.07 Å². The van der Waals surface area contributed by atoms with Crippen molar-refractivity contribution in [3.63, 3.8) is 0 Å². The van der Waals surface area contributed by atoms with Gasteiger partial charge in [-0.15, -0.1) is 0 Å². The zero-order chi connectivity index (χ0) is 14.7. The van der Waals surface area contributed by atoms with Crippen molar-refractivity contribution in [2.24, 2.45) is 0 Å². The fraction of sp³-hybridized carbons (Fsp3) is 0. The van der Waals surface area contributed by atoms with Crippen LogP contribution in [-0.2, 0) is 0 Å². The number of carboxylic acids is 1. The maximum absolute atomic E-state index is 12.0. The van der Waals surface area contributed by atoms with Crippen molar-refractivity contribution in [3.05, 3.63) is 58.6 Å². The number of aromatic hydroxyl groups is 1. The summed E-state index contributed by atoms with van der Waals surface area (Å²) in [5.41, 5.74) is 0.115. The van der Waals surface area contributed by atoms with Crippen LogP contribution in [0.5, 0.6) is 5.75 Å². The number of amides is 1. The second kappa shape index (κ2) is 5.63. The third-order valence-corrected chi connectivity index (χ3v) is 2.93. The van der Waals surface area contributed by atoms with E-state index in [2.05, 4.69) is 5.32 Å². The van der Waals surface area contributed by atoms with E-state index >= 15 is 0 Å². The van der Waals surface area contributed by atoms with Gasteiger partial charge in [0.1, 0.15) is 5.75 Å². The summed E-state index contributed by atoms with van der Waals surface area (Å²) in [5.74, 6) is -1.97. The minimum Gasteiger partial charge on any atom is -0.508 e. The van der Waals surface area contributed by atoms with Gasteiger partial charge in [0.05, 0.1) is 21.8 Å². The summed E-state index contributed by atoms with van der Waals surface area (Å²) >= 11 is 5.90. The maximum Gasteiger partial charge on any atom is 0.337 e. The molecule has 0 saturated heterocycles. The summed E-state index contributed by atoms with van der Waals surface area (Å²) in [6, 6.07) is 10.1. The summed E-state index contributed by atoms with van der Waals surface area (Å²) in [5, 5.41) is 21.0. The number of carbonyl (C=O) groups is 2. The number of phenols is 1. The molecule has 2 aromatic rings. The number of anilines is 1. The Labute approximate surface area is 119 Å². The summed E-state index contributed by atoms with van der Waals surface area (Å²) in [4.78, 5) is 23.1. The van der Waals surface area contributed by atoms with Crippen LogP contribution in [0.3, 0.4) is 0 Å². The Morgan fingerprint density at radius 3 is 2.40 bits per heavy atom. The Bertz CT molecular complexity index is 685. The molecule has 0 aliphatic carbocycles. The Morgan fingerprint density at radius 1 is 1.05 bits per heavy atom. The third kappa shape index (κ3) is 2.89. The van der Waals surface area contributed by atoms with Gasteiger partial charge in [-0.3, -0.25) is 4.79 Å². The third-order valence-electron chi connectivity index (χ3n) is 2.60. The molecule has 0 unspecified atom stereocenters.